The summed E-state index contributed by atoms with van der Waals surface area (Å²) in [6.45, 7) is 0.831. The summed E-state index contributed by atoms with van der Waals surface area (Å²) in [6, 6.07) is 3.63. The van der Waals surface area contributed by atoms with Crippen molar-refractivity contribution in [2.75, 3.05) is 25.0 Å². The second-order valence-corrected chi connectivity index (χ2v) is 7.41. The fraction of sp³-hybridized carbons (Fsp3) is 0.500. The third-order valence-electron chi connectivity index (χ3n) is 3.77. The second-order valence-electron chi connectivity index (χ2n) is 5.47. The van der Waals surface area contributed by atoms with Gasteiger partial charge in [-0.25, -0.2) is 8.42 Å². The molecule has 1 fully saturated rings. The normalized spacial score (nSPS) is 15.8. The highest BCUT2D eigenvalue weighted by Crippen LogP contribution is 2.29. The van der Waals surface area contributed by atoms with Gasteiger partial charge in [-0.2, -0.15) is 4.31 Å². The highest BCUT2D eigenvalue weighted by molar-refractivity contribution is 7.89. The highest BCUT2D eigenvalue weighted by Gasteiger charge is 2.28. The zero-order chi connectivity index (χ0) is 17.7. The van der Waals surface area contributed by atoms with Crippen molar-refractivity contribution in [2.45, 2.75) is 30.6 Å². The molecule has 0 atom stereocenters. The van der Waals surface area contributed by atoms with Crippen molar-refractivity contribution in [3.8, 4) is 0 Å². The maximum Gasteiger partial charge on any atom is 0.305 e. The Labute approximate surface area is 139 Å². The second kappa shape index (κ2) is 7.58. The lowest BCUT2D eigenvalue weighted by Crippen LogP contribution is -2.35. The number of carboxylic acids is 1. The molecule has 1 saturated heterocycles. The van der Waals surface area contributed by atoms with Gasteiger partial charge < -0.3 is 10.4 Å². The van der Waals surface area contributed by atoms with Crippen molar-refractivity contribution >= 4 is 27.4 Å². The number of nitro benzene ring substituents is 1. The Bertz CT molecular complexity index is 728. The predicted molar refractivity (Wildman–Crippen MR) is 86.4 cm³/mol. The lowest BCUT2D eigenvalue weighted by atomic mass is 10.2. The van der Waals surface area contributed by atoms with Crippen molar-refractivity contribution in [3.63, 3.8) is 0 Å². The van der Waals surface area contributed by atoms with E-state index in [0.717, 1.165) is 25.3 Å². The van der Waals surface area contributed by atoms with E-state index in [-0.39, 0.29) is 23.5 Å². The Morgan fingerprint density at radius 2 is 1.96 bits per heavy atom. The molecule has 0 radical (unpaired) electrons. The first-order valence-electron chi connectivity index (χ1n) is 7.56. The summed E-state index contributed by atoms with van der Waals surface area (Å²) >= 11 is 0. The third-order valence-corrected chi connectivity index (χ3v) is 5.67. The van der Waals surface area contributed by atoms with Crippen LogP contribution in [0.4, 0.5) is 11.4 Å². The van der Waals surface area contributed by atoms with E-state index >= 15 is 0 Å². The van der Waals surface area contributed by atoms with Gasteiger partial charge in [-0.3, -0.25) is 14.9 Å². The molecule has 1 aromatic carbocycles. The number of carbonyl (C=O) groups is 1. The van der Waals surface area contributed by atoms with E-state index in [1.54, 1.807) is 0 Å². The Morgan fingerprint density at radius 3 is 2.54 bits per heavy atom. The molecule has 0 unspecified atom stereocenters. The van der Waals surface area contributed by atoms with Crippen LogP contribution in [0.5, 0.6) is 0 Å². The number of anilines is 1. The zero-order valence-electron chi connectivity index (χ0n) is 13.0. The van der Waals surface area contributed by atoms with Gasteiger partial charge in [0.1, 0.15) is 5.69 Å². The average Bonchev–Trinajstić information content (AvgIpc) is 2.55. The zero-order valence-corrected chi connectivity index (χ0v) is 13.8. The van der Waals surface area contributed by atoms with Crippen molar-refractivity contribution in [3.05, 3.63) is 28.3 Å². The van der Waals surface area contributed by atoms with Crippen LogP contribution in [0.3, 0.4) is 0 Å². The monoisotopic (exact) mass is 357 g/mol. The predicted octanol–water partition coefficient (Wildman–Crippen LogP) is 1.66. The van der Waals surface area contributed by atoms with Gasteiger partial charge in [0.2, 0.25) is 10.0 Å². The maximum absolute atomic E-state index is 12.6. The number of carboxylic acid groups (broad SMARTS) is 1. The minimum atomic E-state index is -3.76. The SMILES string of the molecule is O=C(O)CCNc1ccc(S(=O)(=O)N2CCCCC2)cc1[N+](=O)[O-]. The highest BCUT2D eigenvalue weighted by atomic mass is 32.2. The van der Waals surface area contributed by atoms with Crippen LogP contribution in [0.25, 0.3) is 0 Å². The van der Waals surface area contributed by atoms with Gasteiger partial charge in [0.15, 0.2) is 0 Å². The van der Waals surface area contributed by atoms with E-state index < -0.39 is 26.6 Å². The Hall–Kier alpha value is -2.20. The number of nitrogens with zero attached hydrogens (tertiary/aromatic N) is 2. The topological polar surface area (TPSA) is 130 Å². The minimum absolute atomic E-state index is 0.00833. The minimum Gasteiger partial charge on any atom is -0.481 e. The molecule has 1 aromatic rings. The molecule has 0 saturated carbocycles. The number of nitro groups is 1. The molecule has 1 aliphatic heterocycles. The third kappa shape index (κ3) is 4.20. The van der Waals surface area contributed by atoms with E-state index in [0.29, 0.717) is 13.1 Å². The van der Waals surface area contributed by atoms with Crippen LogP contribution in [0.1, 0.15) is 25.7 Å². The fourth-order valence-corrected chi connectivity index (χ4v) is 4.07. The molecule has 0 bridgehead atoms. The van der Waals surface area contributed by atoms with Gasteiger partial charge in [0, 0.05) is 25.7 Å². The Kier molecular flexibility index (Phi) is 5.73. The Balaban J connectivity index is 2.27. The molecule has 1 heterocycles. The number of rotatable bonds is 7. The summed E-state index contributed by atoms with van der Waals surface area (Å²) in [5, 5.41) is 22.5. The molecule has 9 nitrogen and oxygen atoms in total. The van der Waals surface area contributed by atoms with Gasteiger partial charge in [0.05, 0.1) is 16.2 Å². The summed E-state index contributed by atoms with van der Waals surface area (Å²) in [6.07, 6.45) is 2.32. The van der Waals surface area contributed by atoms with Gasteiger partial charge >= 0.3 is 5.97 Å². The van der Waals surface area contributed by atoms with Crippen molar-refractivity contribution < 1.29 is 23.2 Å². The van der Waals surface area contributed by atoms with E-state index in [1.165, 1.54) is 16.4 Å². The van der Waals surface area contributed by atoms with E-state index in [9.17, 15) is 23.3 Å². The summed E-state index contributed by atoms with van der Waals surface area (Å²) < 4.78 is 26.5. The van der Waals surface area contributed by atoms with Gasteiger partial charge in [-0.1, -0.05) is 6.42 Å². The number of hydrogen-bond acceptors (Lipinski definition) is 6. The van der Waals surface area contributed by atoms with Crippen LogP contribution < -0.4 is 5.32 Å². The number of benzene rings is 1. The smallest absolute Gasteiger partial charge is 0.305 e. The summed E-state index contributed by atoms with van der Waals surface area (Å²) in [4.78, 5) is 20.9. The van der Waals surface area contributed by atoms with Crippen LogP contribution >= 0.6 is 0 Å². The van der Waals surface area contributed by atoms with Gasteiger partial charge in [0.25, 0.3) is 5.69 Å². The molecule has 132 valence electrons. The lowest BCUT2D eigenvalue weighted by molar-refractivity contribution is -0.384. The molecular weight excluding hydrogens is 338 g/mol. The lowest BCUT2D eigenvalue weighted by Gasteiger charge is -2.25. The standard InChI is InChI=1S/C14H19N3O6S/c18-14(19)6-7-15-12-5-4-11(10-13(12)17(20)21)24(22,23)16-8-2-1-3-9-16/h4-5,10,15H,1-3,6-9H2,(H,18,19). The fourth-order valence-electron chi connectivity index (χ4n) is 2.53. The van der Waals surface area contributed by atoms with Gasteiger partial charge in [-0.05, 0) is 25.0 Å². The molecule has 0 aromatic heterocycles. The van der Waals surface area contributed by atoms with Crippen molar-refractivity contribution in [1.29, 1.82) is 0 Å². The molecule has 0 amide bonds. The van der Waals surface area contributed by atoms with Crippen LogP contribution in [0.2, 0.25) is 0 Å². The Morgan fingerprint density at radius 1 is 1.29 bits per heavy atom. The van der Waals surface area contributed by atoms with Crippen LogP contribution in [0, 0.1) is 10.1 Å². The van der Waals surface area contributed by atoms with Crippen molar-refractivity contribution in [2.24, 2.45) is 0 Å². The molecule has 2 rings (SSSR count). The number of hydrogen-bond donors (Lipinski definition) is 2. The number of sulfonamides is 1. The first-order valence-corrected chi connectivity index (χ1v) is 9.00. The van der Waals surface area contributed by atoms with Crippen LogP contribution in [-0.2, 0) is 14.8 Å². The van der Waals surface area contributed by atoms with Crippen molar-refractivity contribution in [1.82, 2.24) is 4.31 Å². The maximum atomic E-state index is 12.6. The molecule has 0 spiro atoms. The quantitative estimate of drug-likeness (QED) is 0.560. The molecular formula is C14H19N3O6S. The largest absolute Gasteiger partial charge is 0.481 e. The molecule has 24 heavy (non-hydrogen) atoms. The number of aliphatic carboxylic acids is 1. The molecule has 2 N–H and O–H groups in total. The van der Waals surface area contributed by atoms with Crippen LogP contribution in [-0.4, -0.2) is 48.4 Å². The summed E-state index contributed by atoms with van der Waals surface area (Å²) in [5.74, 6) is -1.03. The summed E-state index contributed by atoms with van der Waals surface area (Å²) in [5.41, 5.74) is -0.294. The molecule has 1 aliphatic rings. The summed E-state index contributed by atoms with van der Waals surface area (Å²) in [7, 11) is -3.76. The molecule has 10 heteroatoms. The van der Waals surface area contributed by atoms with Gasteiger partial charge in [-0.15, -0.1) is 0 Å². The molecule has 0 aliphatic carbocycles. The number of piperidine rings is 1. The van der Waals surface area contributed by atoms with E-state index in [2.05, 4.69) is 5.32 Å². The van der Waals surface area contributed by atoms with E-state index in [1.807, 2.05) is 0 Å². The number of nitrogens with one attached hydrogen (secondary N) is 1. The first kappa shape index (κ1) is 18.1. The average molecular weight is 357 g/mol. The van der Waals surface area contributed by atoms with E-state index in [4.69, 9.17) is 5.11 Å². The first-order chi connectivity index (χ1) is 11.3. The van der Waals surface area contributed by atoms with Crippen LogP contribution in [0.15, 0.2) is 23.1 Å².